The maximum absolute atomic E-state index is 10.6. The van der Waals surface area contributed by atoms with E-state index >= 15 is 0 Å². The number of aliphatic carboxylic acids is 1. The summed E-state index contributed by atoms with van der Waals surface area (Å²) in [5.74, 6) is -0.861. The highest BCUT2D eigenvalue weighted by atomic mass is 35.5. The highest BCUT2D eigenvalue weighted by Crippen LogP contribution is 2.29. The van der Waals surface area contributed by atoms with E-state index in [-0.39, 0.29) is 24.6 Å². The molecule has 1 saturated carbocycles. The molecule has 1 aliphatic rings. The molecule has 84 valence electrons. The smallest absolute Gasteiger partial charge is 0.320 e. The summed E-state index contributed by atoms with van der Waals surface area (Å²) in [5.41, 5.74) is -0.336. The molecule has 1 unspecified atom stereocenters. The lowest BCUT2D eigenvalue weighted by molar-refractivity contribution is -0.139. The van der Waals surface area contributed by atoms with Crippen molar-refractivity contribution in [1.29, 1.82) is 0 Å². The van der Waals surface area contributed by atoms with Crippen LogP contribution in [0.1, 0.15) is 32.6 Å². The van der Waals surface area contributed by atoms with Crippen LogP contribution in [0, 0.1) is 0 Å². The second kappa shape index (κ2) is 5.53. The summed E-state index contributed by atoms with van der Waals surface area (Å²) in [7, 11) is 0. The van der Waals surface area contributed by atoms with E-state index in [4.69, 9.17) is 5.11 Å². The van der Waals surface area contributed by atoms with Crippen LogP contribution in [0.25, 0.3) is 0 Å². The first-order valence-electron chi connectivity index (χ1n) is 4.71. The van der Waals surface area contributed by atoms with Gasteiger partial charge >= 0.3 is 5.97 Å². The van der Waals surface area contributed by atoms with Gasteiger partial charge in [-0.3, -0.25) is 10.1 Å². The Bertz CT molecular complexity index is 192. The Morgan fingerprint density at radius 2 is 2.00 bits per heavy atom. The molecule has 0 bridgehead atoms. The molecule has 3 N–H and O–H groups in total. The van der Waals surface area contributed by atoms with Crippen molar-refractivity contribution in [2.45, 2.75) is 44.2 Å². The molecule has 0 aromatic rings. The van der Waals surface area contributed by atoms with E-state index in [1.54, 1.807) is 6.92 Å². The van der Waals surface area contributed by atoms with Crippen molar-refractivity contribution in [3.63, 3.8) is 0 Å². The predicted molar refractivity (Wildman–Crippen MR) is 55.8 cm³/mol. The Morgan fingerprint density at radius 1 is 1.50 bits per heavy atom. The number of hydrogen-bond donors (Lipinski definition) is 3. The fourth-order valence-electron chi connectivity index (χ4n) is 1.92. The van der Waals surface area contributed by atoms with Crippen LogP contribution in [0.4, 0.5) is 0 Å². The number of rotatable bonds is 4. The Kier molecular flexibility index (Phi) is 5.41. The molecule has 0 aliphatic heterocycles. The molecular weight excluding hydrogens is 206 g/mol. The first-order chi connectivity index (χ1) is 6.09. The number of aliphatic hydroxyl groups excluding tert-OH is 1. The van der Waals surface area contributed by atoms with Crippen LogP contribution < -0.4 is 5.32 Å². The topological polar surface area (TPSA) is 69.6 Å². The van der Waals surface area contributed by atoms with E-state index in [0.717, 1.165) is 25.7 Å². The average molecular weight is 224 g/mol. The van der Waals surface area contributed by atoms with E-state index in [1.165, 1.54) is 0 Å². The summed E-state index contributed by atoms with van der Waals surface area (Å²) in [5, 5.41) is 20.9. The van der Waals surface area contributed by atoms with Crippen molar-refractivity contribution < 1.29 is 15.0 Å². The summed E-state index contributed by atoms with van der Waals surface area (Å²) in [6.45, 7) is 1.64. The fraction of sp³-hybridized carbons (Fsp3) is 0.889. The quantitative estimate of drug-likeness (QED) is 0.659. The lowest BCUT2D eigenvalue weighted by Crippen LogP contribution is -2.52. The van der Waals surface area contributed by atoms with Gasteiger partial charge < -0.3 is 10.2 Å². The molecule has 0 heterocycles. The number of nitrogens with one attached hydrogen (secondary N) is 1. The minimum atomic E-state index is -0.861. The van der Waals surface area contributed by atoms with Gasteiger partial charge in [0.25, 0.3) is 0 Å². The van der Waals surface area contributed by atoms with Gasteiger partial charge in [-0.15, -0.1) is 12.4 Å². The van der Waals surface area contributed by atoms with Crippen LogP contribution in [0.2, 0.25) is 0 Å². The summed E-state index contributed by atoms with van der Waals surface area (Å²) >= 11 is 0. The third kappa shape index (κ3) is 3.12. The molecule has 0 spiro atoms. The number of aliphatic hydroxyl groups is 1. The van der Waals surface area contributed by atoms with Crippen molar-refractivity contribution in [3.8, 4) is 0 Å². The highest BCUT2D eigenvalue weighted by Gasteiger charge is 2.35. The zero-order chi connectivity index (χ0) is 9.90. The van der Waals surface area contributed by atoms with Gasteiger partial charge in [0.05, 0.1) is 6.61 Å². The summed E-state index contributed by atoms with van der Waals surface area (Å²) in [6, 6.07) is -0.578. The zero-order valence-electron chi connectivity index (χ0n) is 8.32. The molecule has 0 amide bonds. The van der Waals surface area contributed by atoms with E-state index in [9.17, 15) is 9.90 Å². The van der Waals surface area contributed by atoms with Crippen molar-refractivity contribution in [1.82, 2.24) is 5.32 Å². The standard InChI is InChI=1S/C9H17NO3.ClH/c1-7(8(12)13)10-9(6-11)4-2-3-5-9;/h7,10-11H,2-6H2,1H3,(H,12,13);1H. The van der Waals surface area contributed by atoms with Gasteiger partial charge in [0.1, 0.15) is 6.04 Å². The van der Waals surface area contributed by atoms with Crippen molar-refractivity contribution >= 4 is 18.4 Å². The Hall–Kier alpha value is -0.320. The van der Waals surface area contributed by atoms with E-state index in [0.29, 0.717) is 0 Å². The van der Waals surface area contributed by atoms with Crippen LogP contribution in [-0.4, -0.2) is 34.4 Å². The van der Waals surface area contributed by atoms with Gasteiger partial charge in [-0.2, -0.15) is 0 Å². The van der Waals surface area contributed by atoms with E-state index < -0.39 is 12.0 Å². The molecule has 1 atom stereocenters. The third-order valence-electron chi connectivity index (χ3n) is 2.76. The molecule has 1 rings (SSSR count). The van der Waals surface area contributed by atoms with Crippen LogP contribution in [0.15, 0.2) is 0 Å². The number of carbonyl (C=O) groups is 1. The van der Waals surface area contributed by atoms with Crippen LogP contribution >= 0.6 is 12.4 Å². The number of halogens is 1. The van der Waals surface area contributed by atoms with Gasteiger partial charge in [0.15, 0.2) is 0 Å². The monoisotopic (exact) mass is 223 g/mol. The first kappa shape index (κ1) is 13.7. The van der Waals surface area contributed by atoms with Gasteiger partial charge in [0.2, 0.25) is 0 Å². The molecule has 14 heavy (non-hydrogen) atoms. The lowest BCUT2D eigenvalue weighted by Gasteiger charge is -2.30. The van der Waals surface area contributed by atoms with Crippen molar-refractivity contribution in [2.75, 3.05) is 6.61 Å². The van der Waals surface area contributed by atoms with Crippen LogP contribution in [-0.2, 0) is 4.79 Å². The molecule has 0 aromatic carbocycles. The number of carboxylic acid groups (broad SMARTS) is 1. The number of hydrogen-bond acceptors (Lipinski definition) is 3. The largest absolute Gasteiger partial charge is 0.480 e. The van der Waals surface area contributed by atoms with Crippen molar-refractivity contribution in [2.24, 2.45) is 0 Å². The summed E-state index contributed by atoms with van der Waals surface area (Å²) in [6.07, 6.45) is 3.89. The normalized spacial score (nSPS) is 21.3. The van der Waals surface area contributed by atoms with Gasteiger partial charge in [-0.05, 0) is 19.8 Å². The van der Waals surface area contributed by atoms with Gasteiger partial charge in [-0.1, -0.05) is 12.8 Å². The second-order valence-electron chi connectivity index (χ2n) is 3.85. The van der Waals surface area contributed by atoms with Crippen LogP contribution in [0.3, 0.4) is 0 Å². The van der Waals surface area contributed by atoms with Crippen molar-refractivity contribution in [3.05, 3.63) is 0 Å². The molecule has 0 radical (unpaired) electrons. The fourth-order valence-corrected chi connectivity index (χ4v) is 1.92. The molecule has 0 saturated heterocycles. The van der Waals surface area contributed by atoms with Gasteiger partial charge in [0, 0.05) is 5.54 Å². The summed E-state index contributed by atoms with van der Waals surface area (Å²) in [4.78, 5) is 10.6. The Balaban J connectivity index is 0.00000169. The van der Waals surface area contributed by atoms with Gasteiger partial charge in [-0.25, -0.2) is 0 Å². The molecule has 1 aliphatic carbocycles. The highest BCUT2D eigenvalue weighted by molar-refractivity contribution is 5.85. The maximum Gasteiger partial charge on any atom is 0.320 e. The average Bonchev–Trinajstić information content (AvgIpc) is 2.54. The summed E-state index contributed by atoms with van der Waals surface area (Å²) < 4.78 is 0. The molecule has 5 heteroatoms. The molecule has 1 fully saturated rings. The maximum atomic E-state index is 10.6. The minimum absolute atomic E-state index is 0. The number of carboxylic acids is 1. The Morgan fingerprint density at radius 3 is 2.36 bits per heavy atom. The Labute approximate surface area is 90.1 Å². The van der Waals surface area contributed by atoms with Crippen LogP contribution in [0.5, 0.6) is 0 Å². The third-order valence-corrected chi connectivity index (χ3v) is 2.76. The lowest BCUT2D eigenvalue weighted by atomic mass is 9.98. The first-order valence-corrected chi connectivity index (χ1v) is 4.71. The van der Waals surface area contributed by atoms with E-state index in [2.05, 4.69) is 5.32 Å². The van der Waals surface area contributed by atoms with E-state index in [1.807, 2.05) is 0 Å². The molecule has 4 nitrogen and oxygen atoms in total. The minimum Gasteiger partial charge on any atom is -0.480 e. The second-order valence-corrected chi connectivity index (χ2v) is 3.85. The zero-order valence-corrected chi connectivity index (χ0v) is 9.14. The SMILES string of the molecule is CC(NC1(CO)CCCC1)C(=O)O.Cl. The molecular formula is C9H18ClNO3. The molecule has 0 aromatic heterocycles. The predicted octanol–water partition coefficient (Wildman–Crippen LogP) is 0.776.